The highest BCUT2D eigenvalue weighted by Gasteiger charge is 2.08. The summed E-state index contributed by atoms with van der Waals surface area (Å²) in [5, 5.41) is 8.58. The Morgan fingerprint density at radius 3 is 1.74 bits per heavy atom. The number of rotatable bonds is 12. The third-order valence-electron chi connectivity index (χ3n) is 3.04. The van der Waals surface area contributed by atoms with E-state index in [-0.39, 0.29) is 6.29 Å². The third-order valence-corrected chi connectivity index (χ3v) is 3.04. The third kappa shape index (κ3) is 16.7. The van der Waals surface area contributed by atoms with Gasteiger partial charge >= 0.3 is 0 Å². The van der Waals surface area contributed by atoms with Crippen molar-refractivity contribution in [3.8, 4) is 29.8 Å². The second kappa shape index (κ2) is 18.6. The molecule has 0 radical (unpaired) electrons. The average Bonchev–Trinajstić information content (AvgIpc) is 2.57. The van der Waals surface area contributed by atoms with Gasteiger partial charge in [0.25, 0.3) is 0 Å². The summed E-state index contributed by atoms with van der Waals surface area (Å²) in [7, 11) is 0. The molecule has 0 saturated carbocycles. The highest BCUT2D eigenvalue weighted by molar-refractivity contribution is 4.98. The smallest absolute Gasteiger partial charge is 0.157 e. The summed E-state index contributed by atoms with van der Waals surface area (Å²) >= 11 is 0. The minimum absolute atomic E-state index is 0.199. The van der Waals surface area contributed by atoms with Gasteiger partial charge in [0.2, 0.25) is 0 Å². The van der Waals surface area contributed by atoms with Crippen LogP contribution in [0.1, 0.15) is 78.1 Å². The van der Waals surface area contributed by atoms with Crippen molar-refractivity contribution in [3.05, 3.63) is 0 Å². The van der Waals surface area contributed by atoms with Crippen LogP contribution in [-0.4, -0.2) is 19.5 Å². The van der Waals surface area contributed by atoms with Crippen molar-refractivity contribution in [2.45, 2.75) is 84.3 Å². The first kappa shape index (κ1) is 21.5. The molecule has 23 heavy (non-hydrogen) atoms. The predicted octanol–water partition coefficient (Wildman–Crippen LogP) is 4.82. The van der Waals surface area contributed by atoms with Crippen LogP contribution in [0.3, 0.4) is 0 Å². The van der Waals surface area contributed by atoms with E-state index in [0.717, 1.165) is 57.8 Å². The van der Waals surface area contributed by atoms with E-state index < -0.39 is 0 Å². The van der Waals surface area contributed by atoms with Crippen LogP contribution in [0.5, 0.6) is 0 Å². The summed E-state index contributed by atoms with van der Waals surface area (Å²) in [4.78, 5) is 0. The SMILES string of the molecule is CCCC#CCCOC(CCCCC#N)OCCC#CCCC. The van der Waals surface area contributed by atoms with E-state index in [1.54, 1.807) is 0 Å². The Labute approximate surface area is 142 Å². The Hall–Kier alpha value is -1.47. The first-order valence-electron chi connectivity index (χ1n) is 8.86. The zero-order valence-electron chi connectivity index (χ0n) is 14.8. The number of unbranched alkanes of at least 4 members (excludes halogenated alkanes) is 4. The van der Waals surface area contributed by atoms with Crippen molar-refractivity contribution in [2.75, 3.05) is 13.2 Å². The largest absolute Gasteiger partial charge is 0.352 e. The standard InChI is InChI=1S/C20H31NO2/c1-3-5-7-9-14-18-22-20(16-12-11-13-17-21)23-19-15-10-8-6-4-2/h20H,3-6,11-16,18-19H2,1-2H3. The first-order valence-corrected chi connectivity index (χ1v) is 8.86. The Morgan fingerprint density at radius 1 is 0.739 bits per heavy atom. The highest BCUT2D eigenvalue weighted by atomic mass is 16.7. The van der Waals surface area contributed by atoms with Crippen molar-refractivity contribution in [3.63, 3.8) is 0 Å². The normalized spacial score (nSPS) is 9.65. The summed E-state index contributed by atoms with van der Waals surface area (Å²) in [6, 6.07) is 2.17. The lowest BCUT2D eigenvalue weighted by Gasteiger charge is -2.17. The van der Waals surface area contributed by atoms with E-state index in [1.165, 1.54) is 0 Å². The van der Waals surface area contributed by atoms with Crippen LogP contribution < -0.4 is 0 Å². The molecule has 0 N–H and O–H groups in total. The summed E-state index contributed by atoms with van der Waals surface area (Å²) in [6.07, 6.45) is 8.64. The second-order valence-corrected chi connectivity index (χ2v) is 5.28. The van der Waals surface area contributed by atoms with Gasteiger partial charge in [-0.2, -0.15) is 5.26 Å². The van der Waals surface area contributed by atoms with Gasteiger partial charge in [-0.25, -0.2) is 0 Å². The van der Waals surface area contributed by atoms with E-state index in [0.29, 0.717) is 19.6 Å². The minimum Gasteiger partial charge on any atom is -0.352 e. The first-order chi connectivity index (χ1) is 11.3. The highest BCUT2D eigenvalue weighted by Crippen LogP contribution is 2.09. The van der Waals surface area contributed by atoms with Crippen LogP contribution in [0, 0.1) is 35.0 Å². The molecule has 0 aliphatic carbocycles. The zero-order valence-corrected chi connectivity index (χ0v) is 14.8. The Kier molecular flexibility index (Phi) is 17.4. The van der Waals surface area contributed by atoms with Gasteiger partial charge in [-0.3, -0.25) is 0 Å². The molecule has 0 aromatic rings. The fourth-order valence-electron chi connectivity index (χ4n) is 1.82. The van der Waals surface area contributed by atoms with Gasteiger partial charge in [-0.15, -0.1) is 23.7 Å². The van der Waals surface area contributed by atoms with E-state index in [4.69, 9.17) is 14.7 Å². The van der Waals surface area contributed by atoms with Gasteiger partial charge in [-0.1, -0.05) is 13.8 Å². The maximum absolute atomic E-state index is 8.58. The van der Waals surface area contributed by atoms with Gasteiger partial charge in [-0.05, 0) is 32.1 Å². The van der Waals surface area contributed by atoms with Gasteiger partial charge in [0.1, 0.15) is 0 Å². The molecule has 0 aliphatic rings. The van der Waals surface area contributed by atoms with Gasteiger partial charge < -0.3 is 9.47 Å². The van der Waals surface area contributed by atoms with E-state index in [2.05, 4.69) is 43.6 Å². The molecule has 0 bridgehead atoms. The number of hydrogen-bond acceptors (Lipinski definition) is 3. The van der Waals surface area contributed by atoms with Crippen LogP contribution in [0.2, 0.25) is 0 Å². The van der Waals surface area contributed by atoms with Gasteiger partial charge in [0.05, 0.1) is 19.3 Å². The number of nitriles is 1. The molecular formula is C20H31NO2. The molecule has 128 valence electrons. The maximum atomic E-state index is 8.58. The Balaban J connectivity index is 3.96. The van der Waals surface area contributed by atoms with E-state index in [1.807, 2.05) is 0 Å². The molecule has 0 aliphatic heterocycles. The van der Waals surface area contributed by atoms with Crippen molar-refractivity contribution < 1.29 is 9.47 Å². The number of ether oxygens (including phenoxy) is 2. The maximum Gasteiger partial charge on any atom is 0.157 e. The molecule has 0 rings (SSSR count). The molecule has 0 fully saturated rings. The predicted molar refractivity (Wildman–Crippen MR) is 94.4 cm³/mol. The van der Waals surface area contributed by atoms with Crippen LogP contribution in [0.4, 0.5) is 0 Å². The summed E-state index contributed by atoms with van der Waals surface area (Å²) in [5.41, 5.74) is 0. The van der Waals surface area contributed by atoms with Crippen LogP contribution in [0.15, 0.2) is 0 Å². The topological polar surface area (TPSA) is 42.2 Å². The monoisotopic (exact) mass is 317 g/mol. The number of hydrogen-bond donors (Lipinski definition) is 0. The summed E-state index contributed by atoms with van der Waals surface area (Å²) < 4.78 is 11.5. The van der Waals surface area contributed by atoms with E-state index >= 15 is 0 Å². The zero-order chi connectivity index (χ0) is 17.0. The number of nitrogens with zero attached hydrogens (tertiary/aromatic N) is 1. The lowest BCUT2D eigenvalue weighted by molar-refractivity contribution is -0.144. The van der Waals surface area contributed by atoms with Crippen LogP contribution >= 0.6 is 0 Å². The molecule has 0 aromatic heterocycles. The molecular weight excluding hydrogens is 286 g/mol. The van der Waals surface area contributed by atoms with Crippen molar-refractivity contribution >= 4 is 0 Å². The molecule has 0 unspecified atom stereocenters. The second-order valence-electron chi connectivity index (χ2n) is 5.28. The molecule has 0 aromatic carbocycles. The summed E-state index contributed by atoms with van der Waals surface area (Å²) in [6.45, 7) is 5.45. The van der Waals surface area contributed by atoms with Crippen molar-refractivity contribution in [1.82, 2.24) is 0 Å². The van der Waals surface area contributed by atoms with Gasteiger partial charge in [0, 0.05) is 32.1 Å². The lowest BCUT2D eigenvalue weighted by Crippen LogP contribution is -2.18. The van der Waals surface area contributed by atoms with E-state index in [9.17, 15) is 0 Å². The Morgan fingerprint density at radius 2 is 1.26 bits per heavy atom. The molecule has 0 saturated heterocycles. The molecule has 0 heterocycles. The molecule has 0 amide bonds. The fraction of sp³-hybridized carbons (Fsp3) is 0.750. The quantitative estimate of drug-likeness (QED) is 0.294. The minimum atomic E-state index is -0.199. The fourth-order valence-corrected chi connectivity index (χ4v) is 1.82. The molecule has 3 nitrogen and oxygen atoms in total. The summed E-state index contributed by atoms with van der Waals surface area (Å²) in [5.74, 6) is 12.5. The molecule has 0 atom stereocenters. The molecule has 0 spiro atoms. The average molecular weight is 317 g/mol. The molecule has 3 heteroatoms. The van der Waals surface area contributed by atoms with Crippen LogP contribution in [0.25, 0.3) is 0 Å². The van der Waals surface area contributed by atoms with Gasteiger partial charge in [0.15, 0.2) is 6.29 Å². The van der Waals surface area contributed by atoms with Crippen molar-refractivity contribution in [2.24, 2.45) is 0 Å². The Bertz CT molecular complexity index is 387. The lowest BCUT2D eigenvalue weighted by atomic mass is 10.2. The van der Waals surface area contributed by atoms with Crippen LogP contribution in [-0.2, 0) is 9.47 Å². The van der Waals surface area contributed by atoms with Crippen molar-refractivity contribution in [1.29, 1.82) is 5.26 Å².